The topological polar surface area (TPSA) is 89.3 Å². The molecule has 0 unspecified atom stereocenters. The minimum atomic E-state index is -4.87. The Bertz CT molecular complexity index is 1220. The summed E-state index contributed by atoms with van der Waals surface area (Å²) >= 11 is 5.51. The van der Waals surface area contributed by atoms with Gasteiger partial charge in [-0.1, -0.05) is 48.0 Å². The van der Waals surface area contributed by atoms with E-state index in [4.69, 9.17) is 11.6 Å². The number of nitro benzene ring substituents is 1. The maximum Gasteiger partial charge on any atom is 0.417 e. The van der Waals surface area contributed by atoms with Crippen molar-refractivity contribution in [3.05, 3.63) is 87.4 Å². The van der Waals surface area contributed by atoms with E-state index in [1.165, 1.54) is 18.2 Å². The molecule has 6 nitrogen and oxygen atoms in total. The van der Waals surface area contributed by atoms with Gasteiger partial charge in [0.15, 0.2) is 0 Å². The van der Waals surface area contributed by atoms with E-state index in [1.807, 2.05) is 4.72 Å². The Hall–Kier alpha value is -3.11. The predicted molar refractivity (Wildman–Crippen MR) is 106 cm³/mol. The zero-order chi connectivity index (χ0) is 22.1. The maximum absolute atomic E-state index is 13.0. The third-order valence-electron chi connectivity index (χ3n) is 4.10. The van der Waals surface area contributed by atoms with Crippen LogP contribution in [0, 0.1) is 10.1 Å². The van der Waals surface area contributed by atoms with Gasteiger partial charge in [0, 0.05) is 6.07 Å². The number of anilines is 1. The molecule has 0 atom stereocenters. The van der Waals surface area contributed by atoms with Crippen LogP contribution in [-0.2, 0) is 16.2 Å². The zero-order valence-electron chi connectivity index (χ0n) is 14.9. The lowest BCUT2D eigenvalue weighted by atomic mass is 10.0. The Labute approximate surface area is 174 Å². The second kappa shape index (κ2) is 7.96. The number of benzene rings is 3. The molecule has 0 aromatic heterocycles. The molecule has 30 heavy (non-hydrogen) atoms. The number of alkyl halides is 3. The van der Waals surface area contributed by atoms with E-state index in [-0.39, 0.29) is 5.69 Å². The smallest absolute Gasteiger partial charge is 0.273 e. The molecule has 3 aromatic rings. The normalized spacial score (nSPS) is 11.9. The first-order chi connectivity index (χ1) is 14.0. The van der Waals surface area contributed by atoms with Gasteiger partial charge in [-0.25, -0.2) is 8.42 Å². The minimum absolute atomic E-state index is 0.370. The molecule has 0 saturated carbocycles. The summed E-state index contributed by atoms with van der Waals surface area (Å²) in [5.41, 5.74) is -1.13. The molecule has 0 heterocycles. The molecule has 1 N–H and O–H groups in total. The fraction of sp³-hybridized carbons (Fsp3) is 0.0526. The fourth-order valence-electron chi connectivity index (χ4n) is 2.67. The van der Waals surface area contributed by atoms with Crippen molar-refractivity contribution in [2.24, 2.45) is 0 Å². The third kappa shape index (κ3) is 4.55. The average molecular weight is 457 g/mol. The van der Waals surface area contributed by atoms with Crippen molar-refractivity contribution >= 4 is 33.0 Å². The number of nitrogens with zero attached hydrogens (tertiary/aromatic N) is 1. The van der Waals surface area contributed by atoms with Crippen LogP contribution in [0.4, 0.5) is 24.5 Å². The van der Waals surface area contributed by atoms with Crippen LogP contribution in [0.15, 0.2) is 71.6 Å². The van der Waals surface area contributed by atoms with Crippen LogP contribution in [0.1, 0.15) is 5.56 Å². The molecule has 0 amide bonds. The van der Waals surface area contributed by atoms with Gasteiger partial charge >= 0.3 is 6.18 Å². The molecule has 0 spiro atoms. The summed E-state index contributed by atoms with van der Waals surface area (Å²) in [6.07, 6.45) is -4.87. The molecule has 11 heteroatoms. The Morgan fingerprint density at radius 3 is 2.20 bits per heavy atom. The molecule has 0 aliphatic heterocycles. The quantitative estimate of drug-likeness (QED) is 0.392. The van der Waals surface area contributed by atoms with Crippen LogP contribution in [0.5, 0.6) is 0 Å². The molecular formula is C19H12ClF3N2O4S. The number of sulfonamides is 1. The molecule has 0 aliphatic carbocycles. The van der Waals surface area contributed by atoms with Gasteiger partial charge in [-0.15, -0.1) is 0 Å². The molecule has 0 aliphatic rings. The SMILES string of the molecule is O=[N+]([O-])c1cc(-c2ccccc2)ccc1NS(=O)(=O)c1ccc(Cl)c(C(F)(F)F)c1. The van der Waals surface area contributed by atoms with E-state index in [9.17, 15) is 31.7 Å². The summed E-state index contributed by atoms with van der Waals surface area (Å²) in [5.74, 6) is 0. The highest BCUT2D eigenvalue weighted by Crippen LogP contribution is 2.37. The van der Waals surface area contributed by atoms with Crippen LogP contribution in [0.25, 0.3) is 11.1 Å². The van der Waals surface area contributed by atoms with Crippen molar-refractivity contribution in [3.8, 4) is 11.1 Å². The largest absolute Gasteiger partial charge is 0.417 e. The van der Waals surface area contributed by atoms with Gasteiger partial charge in [0.2, 0.25) is 0 Å². The highest BCUT2D eigenvalue weighted by molar-refractivity contribution is 7.92. The third-order valence-corrected chi connectivity index (χ3v) is 5.79. The summed E-state index contributed by atoms with van der Waals surface area (Å²) in [5, 5.41) is 10.8. The second-order valence-electron chi connectivity index (χ2n) is 6.10. The number of nitrogens with one attached hydrogen (secondary N) is 1. The minimum Gasteiger partial charge on any atom is -0.273 e. The summed E-state index contributed by atoms with van der Waals surface area (Å²) in [4.78, 5) is 9.94. The van der Waals surface area contributed by atoms with Gasteiger partial charge in [0.05, 0.1) is 20.4 Å². The summed E-state index contributed by atoms with van der Waals surface area (Å²) in [7, 11) is -4.56. The number of nitro groups is 1. The zero-order valence-corrected chi connectivity index (χ0v) is 16.4. The molecule has 0 bridgehead atoms. The van der Waals surface area contributed by atoms with E-state index < -0.39 is 42.3 Å². The molecule has 0 saturated heterocycles. The van der Waals surface area contributed by atoms with E-state index >= 15 is 0 Å². The monoisotopic (exact) mass is 456 g/mol. The highest BCUT2D eigenvalue weighted by atomic mass is 35.5. The Balaban J connectivity index is 2.02. The molecule has 0 radical (unpaired) electrons. The van der Waals surface area contributed by atoms with E-state index in [2.05, 4.69) is 0 Å². The van der Waals surface area contributed by atoms with Gasteiger partial charge in [-0.05, 0) is 35.4 Å². The van der Waals surface area contributed by atoms with Crippen molar-refractivity contribution in [1.82, 2.24) is 0 Å². The predicted octanol–water partition coefficient (Wildman–Crippen LogP) is 5.73. The molecule has 0 fully saturated rings. The maximum atomic E-state index is 13.0. The summed E-state index contributed by atoms with van der Waals surface area (Å²) < 4.78 is 66.2. The molecule has 156 valence electrons. The van der Waals surface area contributed by atoms with E-state index in [0.29, 0.717) is 17.2 Å². The Morgan fingerprint density at radius 1 is 0.933 bits per heavy atom. The van der Waals surface area contributed by atoms with Gasteiger partial charge in [-0.2, -0.15) is 13.2 Å². The number of rotatable bonds is 5. The molecular weight excluding hydrogens is 445 g/mol. The molecule has 3 aromatic carbocycles. The van der Waals surface area contributed by atoms with Crippen LogP contribution in [0.3, 0.4) is 0 Å². The lowest BCUT2D eigenvalue weighted by Gasteiger charge is -2.13. The summed E-state index contributed by atoms with van der Waals surface area (Å²) in [6, 6.07) is 14.5. The van der Waals surface area contributed by atoms with E-state index in [0.717, 1.165) is 12.1 Å². The van der Waals surface area contributed by atoms with Crippen LogP contribution in [0.2, 0.25) is 5.02 Å². The van der Waals surface area contributed by atoms with Gasteiger partial charge < -0.3 is 0 Å². The summed E-state index contributed by atoms with van der Waals surface area (Å²) in [6.45, 7) is 0. The van der Waals surface area contributed by atoms with Crippen molar-refractivity contribution < 1.29 is 26.5 Å². The first kappa shape index (κ1) is 21.6. The van der Waals surface area contributed by atoms with Crippen LogP contribution < -0.4 is 4.72 Å². The lowest BCUT2D eigenvalue weighted by Crippen LogP contribution is -2.16. The molecule has 3 rings (SSSR count). The first-order valence-corrected chi connectivity index (χ1v) is 10.1. The van der Waals surface area contributed by atoms with Crippen molar-refractivity contribution in [2.45, 2.75) is 11.1 Å². The first-order valence-electron chi connectivity index (χ1n) is 8.22. The van der Waals surface area contributed by atoms with Crippen molar-refractivity contribution in [3.63, 3.8) is 0 Å². The highest BCUT2D eigenvalue weighted by Gasteiger charge is 2.34. The second-order valence-corrected chi connectivity index (χ2v) is 8.19. The van der Waals surface area contributed by atoms with Gasteiger partial charge in [0.1, 0.15) is 5.69 Å². The number of hydrogen-bond acceptors (Lipinski definition) is 4. The van der Waals surface area contributed by atoms with Crippen molar-refractivity contribution in [1.29, 1.82) is 0 Å². The average Bonchev–Trinajstić information content (AvgIpc) is 2.67. The van der Waals surface area contributed by atoms with Gasteiger partial charge in [0.25, 0.3) is 15.7 Å². The lowest BCUT2D eigenvalue weighted by molar-refractivity contribution is -0.383. The number of hydrogen-bond donors (Lipinski definition) is 1. The van der Waals surface area contributed by atoms with E-state index in [1.54, 1.807) is 30.3 Å². The standard InChI is InChI=1S/C19H12ClF3N2O4S/c20-16-8-7-14(11-15(16)19(21,22)23)30(28,29)24-17-9-6-13(10-18(17)25(26)27)12-4-2-1-3-5-12/h1-11,24H. The Kier molecular flexibility index (Phi) is 5.73. The van der Waals surface area contributed by atoms with Gasteiger partial charge in [-0.3, -0.25) is 14.8 Å². The van der Waals surface area contributed by atoms with Crippen molar-refractivity contribution in [2.75, 3.05) is 4.72 Å². The van der Waals surface area contributed by atoms with Crippen LogP contribution >= 0.6 is 11.6 Å². The van der Waals surface area contributed by atoms with Crippen LogP contribution in [-0.4, -0.2) is 13.3 Å². The fourth-order valence-corrected chi connectivity index (χ4v) is 4.00. The number of halogens is 4. The Morgan fingerprint density at radius 2 is 1.60 bits per heavy atom.